The van der Waals surface area contributed by atoms with E-state index in [1.165, 1.54) is 12.8 Å². The predicted molar refractivity (Wildman–Crippen MR) is 56.0 cm³/mol. The van der Waals surface area contributed by atoms with Gasteiger partial charge in [0, 0.05) is 18.9 Å². The summed E-state index contributed by atoms with van der Waals surface area (Å²) in [4.78, 5) is 11.3. The number of rotatable bonds is 4. The molecular formula is C11H21NO2. The molecule has 0 aliphatic carbocycles. The number of carbonyl (C=O) groups is 1. The molecule has 1 N–H and O–H groups in total. The Hall–Kier alpha value is -0.570. The molecule has 3 nitrogen and oxygen atoms in total. The zero-order chi connectivity index (χ0) is 10.4. The van der Waals surface area contributed by atoms with Gasteiger partial charge in [-0.05, 0) is 25.3 Å². The maximum atomic E-state index is 11.3. The number of nitrogens with one attached hydrogen (secondary N) is 1. The van der Waals surface area contributed by atoms with Crippen LogP contribution in [-0.4, -0.2) is 25.7 Å². The van der Waals surface area contributed by atoms with E-state index in [0.29, 0.717) is 24.9 Å². The van der Waals surface area contributed by atoms with Crippen molar-refractivity contribution in [3.8, 4) is 0 Å². The number of esters is 1. The quantitative estimate of drug-likeness (QED) is 0.698. The summed E-state index contributed by atoms with van der Waals surface area (Å²) in [6, 6.07) is 0. The molecule has 1 fully saturated rings. The fourth-order valence-corrected chi connectivity index (χ4v) is 1.67. The molecule has 1 rings (SSSR count). The molecule has 0 aromatic rings. The van der Waals surface area contributed by atoms with Crippen molar-refractivity contribution in [3.05, 3.63) is 0 Å². The molecule has 82 valence electrons. The Morgan fingerprint density at radius 3 is 2.93 bits per heavy atom. The van der Waals surface area contributed by atoms with Gasteiger partial charge in [0.15, 0.2) is 0 Å². The minimum atomic E-state index is -0.0504. The number of hydrogen-bond donors (Lipinski definition) is 1. The van der Waals surface area contributed by atoms with Gasteiger partial charge >= 0.3 is 5.97 Å². The van der Waals surface area contributed by atoms with E-state index in [0.717, 1.165) is 13.1 Å². The van der Waals surface area contributed by atoms with Crippen LogP contribution in [0.1, 0.15) is 33.1 Å². The molecule has 1 heterocycles. The second-order valence-electron chi connectivity index (χ2n) is 4.49. The van der Waals surface area contributed by atoms with Crippen molar-refractivity contribution in [2.45, 2.75) is 33.1 Å². The van der Waals surface area contributed by atoms with Gasteiger partial charge in [-0.3, -0.25) is 4.79 Å². The van der Waals surface area contributed by atoms with Crippen LogP contribution in [0.15, 0.2) is 0 Å². The molecular weight excluding hydrogens is 178 g/mol. The van der Waals surface area contributed by atoms with E-state index in [1.807, 2.05) is 13.8 Å². The van der Waals surface area contributed by atoms with Crippen LogP contribution < -0.4 is 5.32 Å². The Balaban J connectivity index is 2.09. The Labute approximate surface area is 86.2 Å². The van der Waals surface area contributed by atoms with Crippen LogP contribution in [0.3, 0.4) is 0 Å². The van der Waals surface area contributed by atoms with Crippen molar-refractivity contribution in [2.75, 3.05) is 19.7 Å². The van der Waals surface area contributed by atoms with E-state index >= 15 is 0 Å². The first-order chi connectivity index (χ1) is 6.68. The van der Waals surface area contributed by atoms with E-state index in [4.69, 9.17) is 4.74 Å². The summed E-state index contributed by atoms with van der Waals surface area (Å²) in [5.74, 6) is 0.873. The van der Waals surface area contributed by atoms with Crippen LogP contribution in [0, 0.1) is 11.8 Å². The van der Waals surface area contributed by atoms with E-state index in [2.05, 4.69) is 5.32 Å². The molecule has 0 spiro atoms. The summed E-state index contributed by atoms with van der Waals surface area (Å²) in [5.41, 5.74) is 0. The van der Waals surface area contributed by atoms with Crippen molar-refractivity contribution in [1.29, 1.82) is 0 Å². The largest absolute Gasteiger partial charge is 0.465 e. The molecule has 1 aliphatic heterocycles. The highest BCUT2D eigenvalue weighted by molar-refractivity contribution is 5.69. The molecule has 14 heavy (non-hydrogen) atoms. The molecule has 1 atom stereocenters. The first-order valence-corrected chi connectivity index (χ1v) is 5.55. The standard InChI is InChI=1S/C11H21NO2/c1-9(2)6-11(13)14-8-10-4-3-5-12-7-10/h9-10,12H,3-8H2,1-2H3/t10-/m1/s1. The number of ether oxygens (including phenoxy) is 1. The smallest absolute Gasteiger partial charge is 0.306 e. The summed E-state index contributed by atoms with van der Waals surface area (Å²) < 4.78 is 5.21. The van der Waals surface area contributed by atoms with Gasteiger partial charge in [0.05, 0.1) is 6.61 Å². The van der Waals surface area contributed by atoms with Crippen molar-refractivity contribution in [3.63, 3.8) is 0 Å². The average Bonchev–Trinajstić information content (AvgIpc) is 2.15. The Morgan fingerprint density at radius 2 is 2.36 bits per heavy atom. The summed E-state index contributed by atoms with van der Waals surface area (Å²) in [6.45, 7) is 6.76. The molecule has 1 saturated heterocycles. The number of piperidine rings is 1. The molecule has 1 aliphatic rings. The zero-order valence-electron chi connectivity index (χ0n) is 9.21. The topological polar surface area (TPSA) is 38.3 Å². The van der Waals surface area contributed by atoms with Gasteiger partial charge in [-0.1, -0.05) is 13.8 Å². The van der Waals surface area contributed by atoms with Crippen LogP contribution in [0.25, 0.3) is 0 Å². The molecule has 0 amide bonds. The van der Waals surface area contributed by atoms with Gasteiger partial charge in [0.2, 0.25) is 0 Å². The van der Waals surface area contributed by atoms with Gasteiger partial charge < -0.3 is 10.1 Å². The lowest BCUT2D eigenvalue weighted by Gasteiger charge is -2.22. The zero-order valence-corrected chi connectivity index (χ0v) is 9.21. The van der Waals surface area contributed by atoms with Crippen LogP contribution in [0.4, 0.5) is 0 Å². The van der Waals surface area contributed by atoms with Gasteiger partial charge in [0.25, 0.3) is 0 Å². The fourth-order valence-electron chi connectivity index (χ4n) is 1.67. The van der Waals surface area contributed by atoms with Crippen molar-refractivity contribution in [2.24, 2.45) is 11.8 Å². The fraction of sp³-hybridized carbons (Fsp3) is 0.909. The molecule has 0 bridgehead atoms. The van der Waals surface area contributed by atoms with Gasteiger partial charge in [0.1, 0.15) is 0 Å². The van der Waals surface area contributed by atoms with E-state index < -0.39 is 0 Å². The van der Waals surface area contributed by atoms with Crippen LogP contribution >= 0.6 is 0 Å². The summed E-state index contributed by atoms with van der Waals surface area (Å²) >= 11 is 0. The number of carbonyl (C=O) groups excluding carboxylic acids is 1. The first kappa shape index (κ1) is 11.5. The van der Waals surface area contributed by atoms with Crippen molar-refractivity contribution >= 4 is 5.97 Å². The SMILES string of the molecule is CC(C)CC(=O)OC[C@@H]1CCCNC1. The third kappa shape index (κ3) is 4.61. The first-order valence-electron chi connectivity index (χ1n) is 5.55. The van der Waals surface area contributed by atoms with Gasteiger partial charge in [-0.2, -0.15) is 0 Å². The highest BCUT2D eigenvalue weighted by Gasteiger charge is 2.15. The maximum Gasteiger partial charge on any atom is 0.306 e. The third-order valence-corrected chi connectivity index (χ3v) is 2.45. The Kier molecular flexibility index (Phi) is 4.94. The highest BCUT2D eigenvalue weighted by atomic mass is 16.5. The van der Waals surface area contributed by atoms with Crippen LogP contribution in [0.2, 0.25) is 0 Å². The van der Waals surface area contributed by atoms with Gasteiger partial charge in [-0.25, -0.2) is 0 Å². The molecule has 3 heteroatoms. The lowest BCUT2D eigenvalue weighted by atomic mass is 10.0. The van der Waals surface area contributed by atoms with Gasteiger partial charge in [-0.15, -0.1) is 0 Å². The second-order valence-corrected chi connectivity index (χ2v) is 4.49. The van der Waals surface area contributed by atoms with E-state index in [-0.39, 0.29) is 5.97 Å². The Morgan fingerprint density at radius 1 is 1.57 bits per heavy atom. The van der Waals surface area contributed by atoms with Crippen molar-refractivity contribution in [1.82, 2.24) is 5.32 Å². The number of hydrogen-bond acceptors (Lipinski definition) is 3. The van der Waals surface area contributed by atoms with Crippen LogP contribution in [-0.2, 0) is 9.53 Å². The highest BCUT2D eigenvalue weighted by Crippen LogP contribution is 2.11. The molecule has 0 aromatic heterocycles. The minimum absolute atomic E-state index is 0.0504. The molecule has 0 radical (unpaired) electrons. The molecule has 0 saturated carbocycles. The maximum absolute atomic E-state index is 11.3. The minimum Gasteiger partial charge on any atom is -0.465 e. The van der Waals surface area contributed by atoms with E-state index in [1.54, 1.807) is 0 Å². The van der Waals surface area contributed by atoms with Crippen LogP contribution in [0.5, 0.6) is 0 Å². The summed E-state index contributed by atoms with van der Waals surface area (Å²) in [7, 11) is 0. The summed E-state index contributed by atoms with van der Waals surface area (Å²) in [6.07, 6.45) is 2.93. The Bertz CT molecular complexity index is 174. The van der Waals surface area contributed by atoms with Crippen molar-refractivity contribution < 1.29 is 9.53 Å². The lowest BCUT2D eigenvalue weighted by Crippen LogP contribution is -2.32. The summed E-state index contributed by atoms with van der Waals surface area (Å²) in [5, 5.41) is 3.31. The molecule has 0 unspecified atom stereocenters. The average molecular weight is 199 g/mol. The predicted octanol–water partition coefficient (Wildman–Crippen LogP) is 1.58. The lowest BCUT2D eigenvalue weighted by molar-refractivity contribution is -0.146. The second kappa shape index (κ2) is 6.02. The monoisotopic (exact) mass is 199 g/mol. The molecule has 0 aromatic carbocycles. The van der Waals surface area contributed by atoms with E-state index in [9.17, 15) is 4.79 Å². The normalized spacial score (nSPS) is 22.4. The third-order valence-electron chi connectivity index (χ3n) is 2.45.